The van der Waals surface area contributed by atoms with Crippen molar-refractivity contribution in [3.8, 4) is 11.1 Å². The maximum Gasteiger partial charge on any atom is 0.234 e. The predicted molar refractivity (Wildman–Crippen MR) is 126 cm³/mol. The predicted octanol–water partition coefficient (Wildman–Crippen LogP) is 6.41. The lowest BCUT2D eigenvalue weighted by atomic mass is 10.1. The maximum absolute atomic E-state index is 12.5. The summed E-state index contributed by atoms with van der Waals surface area (Å²) in [7, 11) is 0. The van der Waals surface area contributed by atoms with E-state index < -0.39 is 0 Å². The van der Waals surface area contributed by atoms with Gasteiger partial charge in [0.05, 0.1) is 11.1 Å². The number of carbonyl (C=O) groups is 1. The smallest absolute Gasteiger partial charge is 0.234 e. The lowest BCUT2D eigenvalue weighted by molar-refractivity contribution is -0.113. The molecule has 0 unspecified atom stereocenters. The molecule has 0 aliphatic carbocycles. The third-order valence-corrected chi connectivity index (χ3v) is 6.91. The number of nitrogens with zero attached hydrogens (tertiary/aromatic N) is 2. The third-order valence-electron chi connectivity index (χ3n) is 4.50. The second-order valence-corrected chi connectivity index (χ2v) is 9.10. The van der Waals surface area contributed by atoms with Gasteiger partial charge >= 0.3 is 0 Å². The minimum atomic E-state index is -0.0388. The summed E-state index contributed by atoms with van der Waals surface area (Å²) in [5.41, 5.74) is 4.21. The van der Waals surface area contributed by atoms with Crippen LogP contribution in [-0.2, 0) is 11.2 Å². The van der Waals surface area contributed by atoms with Crippen molar-refractivity contribution >= 4 is 60.8 Å². The molecule has 0 bridgehead atoms. The summed E-state index contributed by atoms with van der Waals surface area (Å²) in [5, 5.41) is 6.95. The first-order valence-corrected chi connectivity index (χ1v) is 11.8. The number of para-hydroxylation sites is 1. The Morgan fingerprint density at radius 3 is 2.72 bits per heavy atom. The SMILES string of the molecule is CCc1ccccc1NC(=O)CSc1ncnc2scc(-c3ccc(Br)cc3)c12. The number of fused-ring (bicyclic) bond motifs is 1. The molecule has 0 aliphatic heterocycles. The molecule has 0 fully saturated rings. The van der Waals surface area contributed by atoms with Crippen molar-refractivity contribution in [3.63, 3.8) is 0 Å². The van der Waals surface area contributed by atoms with Gasteiger partial charge in [0.25, 0.3) is 0 Å². The van der Waals surface area contributed by atoms with E-state index in [0.29, 0.717) is 5.75 Å². The fourth-order valence-electron chi connectivity index (χ4n) is 3.07. The van der Waals surface area contributed by atoms with Crippen LogP contribution in [-0.4, -0.2) is 21.6 Å². The van der Waals surface area contributed by atoms with Crippen LogP contribution in [0.4, 0.5) is 5.69 Å². The summed E-state index contributed by atoms with van der Waals surface area (Å²) in [6.07, 6.45) is 2.44. The number of aryl methyl sites for hydroxylation is 1. The molecule has 0 radical (unpaired) electrons. The second kappa shape index (κ2) is 9.07. The summed E-state index contributed by atoms with van der Waals surface area (Å²) >= 11 is 6.51. The van der Waals surface area contributed by atoms with Gasteiger partial charge in [-0.2, -0.15) is 0 Å². The summed E-state index contributed by atoms with van der Waals surface area (Å²) in [6.45, 7) is 2.08. The molecule has 0 saturated carbocycles. The van der Waals surface area contributed by atoms with Crippen molar-refractivity contribution in [2.45, 2.75) is 18.4 Å². The summed E-state index contributed by atoms with van der Waals surface area (Å²) in [4.78, 5) is 22.3. The van der Waals surface area contributed by atoms with Gasteiger partial charge in [-0.1, -0.05) is 64.9 Å². The molecule has 1 N–H and O–H groups in total. The number of benzene rings is 2. The lowest BCUT2D eigenvalue weighted by Crippen LogP contribution is -2.15. The Bertz CT molecular complexity index is 1160. The molecule has 2 heterocycles. The highest BCUT2D eigenvalue weighted by molar-refractivity contribution is 9.10. The number of amides is 1. The number of thioether (sulfide) groups is 1. The highest BCUT2D eigenvalue weighted by atomic mass is 79.9. The summed E-state index contributed by atoms with van der Waals surface area (Å²) < 4.78 is 1.04. The van der Waals surface area contributed by atoms with E-state index in [1.807, 2.05) is 36.4 Å². The maximum atomic E-state index is 12.5. The number of halogens is 1. The van der Waals surface area contributed by atoms with Gasteiger partial charge in [-0.25, -0.2) is 9.97 Å². The van der Waals surface area contributed by atoms with E-state index in [-0.39, 0.29) is 5.91 Å². The number of anilines is 1. The molecule has 2 aromatic carbocycles. The molecule has 146 valence electrons. The van der Waals surface area contributed by atoms with Gasteiger partial charge in [-0.05, 0) is 35.7 Å². The van der Waals surface area contributed by atoms with Crippen molar-refractivity contribution < 1.29 is 4.79 Å². The van der Waals surface area contributed by atoms with Gasteiger partial charge < -0.3 is 5.32 Å². The lowest BCUT2D eigenvalue weighted by Gasteiger charge is -2.10. The van der Waals surface area contributed by atoms with Crippen molar-refractivity contribution in [2.24, 2.45) is 0 Å². The van der Waals surface area contributed by atoms with E-state index in [2.05, 4.69) is 55.7 Å². The van der Waals surface area contributed by atoms with Crippen LogP contribution in [0, 0.1) is 0 Å². The minimum absolute atomic E-state index is 0.0388. The molecule has 1 amide bonds. The Hall–Kier alpha value is -2.22. The quantitative estimate of drug-likeness (QED) is 0.254. The third kappa shape index (κ3) is 4.52. The van der Waals surface area contributed by atoms with E-state index in [0.717, 1.165) is 48.5 Å². The largest absolute Gasteiger partial charge is 0.325 e. The van der Waals surface area contributed by atoms with E-state index in [4.69, 9.17) is 0 Å². The number of thiophene rings is 1. The molecule has 2 aromatic heterocycles. The summed E-state index contributed by atoms with van der Waals surface area (Å²) in [6, 6.07) is 16.1. The Morgan fingerprint density at radius 2 is 1.93 bits per heavy atom. The van der Waals surface area contributed by atoms with Crippen molar-refractivity contribution in [2.75, 3.05) is 11.1 Å². The van der Waals surface area contributed by atoms with Crippen LogP contribution in [0.3, 0.4) is 0 Å². The fourth-order valence-corrected chi connectivity index (χ4v) is 5.13. The average Bonchev–Trinajstić information content (AvgIpc) is 3.18. The van der Waals surface area contributed by atoms with Gasteiger partial charge in [0, 0.05) is 21.1 Å². The molecule has 0 spiro atoms. The van der Waals surface area contributed by atoms with Crippen LogP contribution < -0.4 is 5.32 Å². The Kier molecular flexibility index (Phi) is 6.28. The van der Waals surface area contributed by atoms with Gasteiger partial charge in [0.2, 0.25) is 5.91 Å². The highest BCUT2D eigenvalue weighted by Gasteiger charge is 2.15. The Balaban J connectivity index is 1.56. The average molecular weight is 484 g/mol. The molecule has 4 nitrogen and oxygen atoms in total. The number of aromatic nitrogens is 2. The standard InChI is InChI=1S/C22H18BrN3OS2/c1-2-14-5-3-4-6-18(14)26-19(27)12-29-22-20-17(11-28-21(20)24-13-25-22)15-7-9-16(23)10-8-15/h3-11,13H,2,12H2,1H3,(H,26,27). The summed E-state index contributed by atoms with van der Waals surface area (Å²) in [5.74, 6) is 0.253. The van der Waals surface area contributed by atoms with Crippen LogP contribution in [0.1, 0.15) is 12.5 Å². The number of rotatable bonds is 6. The zero-order valence-electron chi connectivity index (χ0n) is 15.7. The Labute approximate surface area is 185 Å². The number of hydrogen-bond donors (Lipinski definition) is 1. The first kappa shape index (κ1) is 20.1. The minimum Gasteiger partial charge on any atom is -0.325 e. The van der Waals surface area contributed by atoms with Gasteiger partial charge in [0.1, 0.15) is 16.2 Å². The molecule has 4 rings (SSSR count). The molecular weight excluding hydrogens is 466 g/mol. The topological polar surface area (TPSA) is 54.9 Å². The monoisotopic (exact) mass is 483 g/mol. The first-order valence-electron chi connectivity index (χ1n) is 9.14. The van der Waals surface area contributed by atoms with E-state index in [1.54, 1.807) is 17.7 Å². The zero-order valence-corrected chi connectivity index (χ0v) is 18.9. The van der Waals surface area contributed by atoms with Crippen LogP contribution in [0.2, 0.25) is 0 Å². The fraction of sp³-hybridized carbons (Fsp3) is 0.136. The van der Waals surface area contributed by atoms with Crippen molar-refractivity contribution in [1.82, 2.24) is 9.97 Å². The first-order chi connectivity index (χ1) is 14.2. The van der Waals surface area contributed by atoms with Crippen LogP contribution in [0.25, 0.3) is 21.3 Å². The second-order valence-electron chi connectivity index (χ2n) is 6.36. The van der Waals surface area contributed by atoms with Gasteiger partial charge in [-0.15, -0.1) is 11.3 Å². The zero-order chi connectivity index (χ0) is 20.2. The van der Waals surface area contributed by atoms with Gasteiger partial charge in [0.15, 0.2) is 0 Å². The molecule has 7 heteroatoms. The molecule has 0 aliphatic rings. The van der Waals surface area contributed by atoms with Crippen molar-refractivity contribution in [3.05, 3.63) is 70.3 Å². The molecule has 4 aromatic rings. The van der Waals surface area contributed by atoms with Crippen LogP contribution in [0.5, 0.6) is 0 Å². The number of nitrogens with one attached hydrogen (secondary N) is 1. The van der Waals surface area contributed by atoms with Gasteiger partial charge in [-0.3, -0.25) is 4.79 Å². The van der Waals surface area contributed by atoms with E-state index in [1.165, 1.54) is 11.8 Å². The van der Waals surface area contributed by atoms with Crippen molar-refractivity contribution in [1.29, 1.82) is 0 Å². The highest BCUT2D eigenvalue weighted by Crippen LogP contribution is 2.38. The Morgan fingerprint density at radius 1 is 1.14 bits per heavy atom. The normalized spacial score (nSPS) is 11.0. The van der Waals surface area contributed by atoms with E-state index >= 15 is 0 Å². The molecule has 0 saturated heterocycles. The van der Waals surface area contributed by atoms with E-state index in [9.17, 15) is 4.79 Å². The van der Waals surface area contributed by atoms with Crippen LogP contribution >= 0.6 is 39.0 Å². The van der Waals surface area contributed by atoms with Crippen LogP contribution in [0.15, 0.2) is 69.7 Å². The number of carbonyl (C=O) groups excluding carboxylic acids is 1. The molecule has 29 heavy (non-hydrogen) atoms. The molecule has 0 atom stereocenters. The molecular formula is C22H18BrN3OS2. The number of hydrogen-bond acceptors (Lipinski definition) is 5.